The Kier molecular flexibility index (Phi) is 6.73. The molecule has 0 aliphatic carbocycles. The molecule has 0 aliphatic rings. The van der Waals surface area contributed by atoms with Gasteiger partial charge in [-0.05, 0) is 36.4 Å². The highest BCUT2D eigenvalue weighted by atomic mass is 32.2. The average Bonchev–Trinajstić information content (AvgIpc) is 2.58. The van der Waals surface area contributed by atoms with Gasteiger partial charge in [0.25, 0.3) is 0 Å². The number of hydrogen-bond acceptors (Lipinski definition) is 6. The Labute approximate surface area is 160 Å². The van der Waals surface area contributed by atoms with Crippen LogP contribution in [0.1, 0.15) is 0 Å². The zero-order chi connectivity index (χ0) is 20.0. The molecule has 3 aromatic rings. The van der Waals surface area contributed by atoms with E-state index in [2.05, 4.69) is 0 Å². The fourth-order valence-corrected chi connectivity index (χ4v) is 4.43. The minimum atomic E-state index is -3.92. The minimum absolute atomic E-state index is 0.136. The fourth-order valence-electron chi connectivity index (χ4n) is 2.24. The van der Waals surface area contributed by atoms with Gasteiger partial charge in [-0.15, -0.1) is 0 Å². The molecule has 0 radical (unpaired) electrons. The SMILES string of the molecule is CS(=O)(=O)[O-].Oc1ccccc1[S+](c1ccccc1O)c1ccccc1O. The fraction of sp³-hybridized carbons (Fsp3) is 0.0526. The Bertz CT molecular complexity index is 902. The number of benzene rings is 3. The van der Waals surface area contributed by atoms with E-state index in [-0.39, 0.29) is 17.2 Å². The van der Waals surface area contributed by atoms with Crippen molar-refractivity contribution in [1.29, 1.82) is 0 Å². The van der Waals surface area contributed by atoms with E-state index >= 15 is 0 Å². The third kappa shape index (κ3) is 5.92. The van der Waals surface area contributed by atoms with Gasteiger partial charge in [0.1, 0.15) is 10.9 Å². The monoisotopic (exact) mass is 406 g/mol. The van der Waals surface area contributed by atoms with Crippen LogP contribution in [0.5, 0.6) is 17.2 Å². The molecule has 3 rings (SSSR count). The Morgan fingerprint density at radius 3 is 1.11 bits per heavy atom. The van der Waals surface area contributed by atoms with Gasteiger partial charge in [-0.2, -0.15) is 0 Å². The van der Waals surface area contributed by atoms with Crippen molar-refractivity contribution in [2.75, 3.05) is 6.26 Å². The van der Waals surface area contributed by atoms with Crippen molar-refractivity contribution in [3.63, 3.8) is 0 Å². The van der Waals surface area contributed by atoms with Crippen LogP contribution in [0.4, 0.5) is 0 Å². The van der Waals surface area contributed by atoms with Gasteiger partial charge in [-0.25, -0.2) is 8.42 Å². The molecule has 0 aromatic heterocycles. The smallest absolute Gasteiger partial charge is 0.208 e. The quantitative estimate of drug-likeness (QED) is 0.454. The summed E-state index contributed by atoms with van der Waals surface area (Å²) in [6.07, 6.45) is 0.604. The second-order valence-corrected chi connectivity index (χ2v) is 8.75. The van der Waals surface area contributed by atoms with Gasteiger partial charge < -0.3 is 19.9 Å². The van der Waals surface area contributed by atoms with Gasteiger partial charge in [-0.1, -0.05) is 36.4 Å². The van der Waals surface area contributed by atoms with Crippen molar-refractivity contribution >= 4 is 21.0 Å². The van der Waals surface area contributed by atoms with Gasteiger partial charge in [-0.3, -0.25) is 0 Å². The maximum absolute atomic E-state index is 10.2. The normalized spacial score (nSPS) is 10.9. The van der Waals surface area contributed by atoms with Crippen LogP contribution < -0.4 is 0 Å². The molecule has 0 aliphatic heterocycles. The number of phenolic OH excluding ortho intramolecular Hbond substituents is 3. The second kappa shape index (κ2) is 8.81. The summed E-state index contributed by atoms with van der Waals surface area (Å²) in [5, 5.41) is 30.7. The topological polar surface area (TPSA) is 118 Å². The number of rotatable bonds is 3. The molecule has 0 saturated heterocycles. The summed E-state index contributed by atoms with van der Waals surface area (Å²) in [6.45, 7) is 0. The van der Waals surface area contributed by atoms with Crippen molar-refractivity contribution in [3.05, 3.63) is 72.8 Å². The lowest BCUT2D eigenvalue weighted by molar-refractivity contribution is 0.455. The average molecular weight is 406 g/mol. The van der Waals surface area contributed by atoms with Crippen molar-refractivity contribution in [2.24, 2.45) is 0 Å². The van der Waals surface area contributed by atoms with Crippen LogP contribution in [0.2, 0.25) is 0 Å². The minimum Gasteiger partial charge on any atom is -0.748 e. The molecule has 0 spiro atoms. The molecule has 27 heavy (non-hydrogen) atoms. The molecule has 3 aromatic carbocycles. The Morgan fingerprint density at radius 2 is 0.889 bits per heavy atom. The van der Waals surface area contributed by atoms with E-state index in [9.17, 15) is 15.3 Å². The van der Waals surface area contributed by atoms with Crippen LogP contribution in [-0.4, -0.2) is 34.5 Å². The molecule has 0 amide bonds. The second-order valence-electron chi connectivity index (χ2n) is 5.41. The predicted octanol–water partition coefficient (Wildman–Crippen LogP) is 3.06. The van der Waals surface area contributed by atoms with Crippen LogP contribution in [0.3, 0.4) is 0 Å². The molecule has 0 atom stereocenters. The van der Waals surface area contributed by atoms with Gasteiger partial charge in [0.05, 0.1) is 10.1 Å². The summed E-state index contributed by atoms with van der Waals surface area (Å²) in [7, 11) is -4.72. The Hall–Kier alpha value is -2.68. The summed E-state index contributed by atoms with van der Waals surface area (Å²) in [5.41, 5.74) is 0. The first-order chi connectivity index (χ1) is 12.7. The van der Waals surface area contributed by atoms with E-state index in [4.69, 9.17) is 13.0 Å². The molecule has 8 heteroatoms. The lowest BCUT2D eigenvalue weighted by Crippen LogP contribution is -2.05. The highest BCUT2D eigenvalue weighted by Gasteiger charge is 2.36. The van der Waals surface area contributed by atoms with Crippen molar-refractivity contribution in [2.45, 2.75) is 14.7 Å². The first kappa shape index (κ1) is 20.6. The van der Waals surface area contributed by atoms with Gasteiger partial charge in [0.2, 0.25) is 14.7 Å². The van der Waals surface area contributed by atoms with Gasteiger partial charge in [0.15, 0.2) is 17.2 Å². The van der Waals surface area contributed by atoms with Crippen LogP contribution >= 0.6 is 0 Å². The summed E-state index contributed by atoms with van der Waals surface area (Å²) < 4.78 is 27.2. The third-order valence-corrected chi connectivity index (χ3v) is 5.61. The summed E-state index contributed by atoms with van der Waals surface area (Å²) in [4.78, 5) is 1.97. The molecule has 0 bridgehead atoms. The van der Waals surface area contributed by atoms with Crippen LogP contribution in [-0.2, 0) is 21.0 Å². The van der Waals surface area contributed by atoms with Gasteiger partial charge in [0, 0.05) is 6.26 Å². The summed E-state index contributed by atoms with van der Waals surface area (Å²) in [6, 6.07) is 21.0. The highest BCUT2D eigenvalue weighted by Crippen LogP contribution is 2.42. The van der Waals surface area contributed by atoms with E-state index in [1.807, 2.05) is 18.2 Å². The zero-order valence-corrected chi connectivity index (χ0v) is 15.9. The van der Waals surface area contributed by atoms with Gasteiger partial charge >= 0.3 is 0 Å². The lowest BCUT2D eigenvalue weighted by atomic mass is 10.3. The van der Waals surface area contributed by atoms with E-state index in [0.29, 0.717) is 20.9 Å². The van der Waals surface area contributed by atoms with Crippen LogP contribution in [0.25, 0.3) is 0 Å². The van der Waals surface area contributed by atoms with Crippen LogP contribution in [0, 0.1) is 0 Å². The van der Waals surface area contributed by atoms with E-state index in [0.717, 1.165) is 0 Å². The van der Waals surface area contributed by atoms with Crippen molar-refractivity contribution in [1.82, 2.24) is 0 Å². The molecule has 6 nitrogen and oxygen atoms in total. The summed E-state index contributed by atoms with van der Waals surface area (Å²) in [5.74, 6) is 0.409. The van der Waals surface area contributed by atoms with Crippen molar-refractivity contribution in [3.8, 4) is 17.2 Å². The van der Waals surface area contributed by atoms with E-state index in [1.165, 1.54) is 0 Å². The molecule has 0 saturated carbocycles. The maximum atomic E-state index is 10.2. The molecule has 0 unspecified atom stereocenters. The zero-order valence-electron chi connectivity index (χ0n) is 14.3. The number of phenols is 3. The van der Waals surface area contributed by atoms with E-state index in [1.54, 1.807) is 54.6 Å². The Morgan fingerprint density at radius 1 is 0.667 bits per heavy atom. The number of aromatic hydroxyl groups is 3. The molecule has 0 fully saturated rings. The van der Waals surface area contributed by atoms with Crippen LogP contribution in [0.15, 0.2) is 87.5 Å². The standard InChI is InChI=1S/C18H14O3S.CH4O3S/c19-13-7-1-4-10-16(13)22(17-11-5-2-8-14(17)20)18-12-6-3-9-15(18)21;1-5(2,3)4/h1-12H,(H2-,19,20,21);1H3,(H,2,3,4). The Balaban J connectivity index is 0.000000465. The van der Waals surface area contributed by atoms with Crippen molar-refractivity contribution < 1.29 is 28.3 Å². The summed E-state index contributed by atoms with van der Waals surface area (Å²) >= 11 is 0. The number of para-hydroxylation sites is 3. The predicted molar refractivity (Wildman–Crippen MR) is 102 cm³/mol. The molecular weight excluding hydrogens is 388 g/mol. The molecule has 0 heterocycles. The van der Waals surface area contributed by atoms with E-state index < -0.39 is 21.0 Å². The molecular formula is C19H18O6S2. The highest BCUT2D eigenvalue weighted by molar-refractivity contribution is 7.97. The number of hydrogen-bond donors (Lipinski definition) is 3. The third-order valence-electron chi connectivity index (χ3n) is 3.26. The lowest BCUT2D eigenvalue weighted by Gasteiger charge is -2.11. The first-order valence-electron chi connectivity index (χ1n) is 7.67. The molecule has 142 valence electrons. The molecule has 3 N–H and O–H groups in total. The largest absolute Gasteiger partial charge is 0.748 e. The first-order valence-corrected chi connectivity index (χ1v) is 10.7. The maximum Gasteiger partial charge on any atom is 0.208 e.